The van der Waals surface area contributed by atoms with Crippen molar-refractivity contribution >= 4 is 34.3 Å². The molecule has 0 aliphatic carbocycles. The Kier molecular flexibility index (Phi) is 6.26. The molecule has 0 radical (unpaired) electrons. The number of H-pyrrole nitrogens is 1. The van der Waals surface area contributed by atoms with Gasteiger partial charge in [-0.3, -0.25) is 14.4 Å². The Balaban J connectivity index is 1.37. The van der Waals surface area contributed by atoms with Gasteiger partial charge in [0.25, 0.3) is 5.91 Å². The summed E-state index contributed by atoms with van der Waals surface area (Å²) in [7, 11) is 1.55. The lowest BCUT2D eigenvalue weighted by molar-refractivity contribution is -0.130. The standard InChI is InChI=1S/C24H23N5O4/c1-33-21-9-5-8-19-18(21)11-20(28-19)24(32)26-13-22(30)29-14-15(10-17(29)12-25)23(31)27-16-6-3-2-4-7-16/h2-9,11,15,17,28H,10,13-14H2,1H3,(H,26,32)(H,27,31). The van der Waals surface area contributed by atoms with Crippen molar-refractivity contribution in [3.63, 3.8) is 0 Å². The molecule has 33 heavy (non-hydrogen) atoms. The number of fused-ring (bicyclic) bond motifs is 1. The van der Waals surface area contributed by atoms with Gasteiger partial charge in [-0.2, -0.15) is 5.26 Å². The molecule has 1 saturated heterocycles. The molecule has 0 spiro atoms. The van der Waals surface area contributed by atoms with E-state index >= 15 is 0 Å². The number of likely N-dealkylation sites (tertiary alicyclic amines) is 1. The Labute approximate surface area is 190 Å². The first-order valence-electron chi connectivity index (χ1n) is 10.5. The number of amides is 3. The number of hydrogen-bond acceptors (Lipinski definition) is 5. The van der Waals surface area contributed by atoms with Crippen molar-refractivity contribution < 1.29 is 19.1 Å². The average Bonchev–Trinajstić information content (AvgIpc) is 3.47. The fraction of sp³-hybridized carbons (Fsp3) is 0.250. The second kappa shape index (κ2) is 9.44. The number of rotatable bonds is 6. The van der Waals surface area contributed by atoms with Crippen molar-refractivity contribution in [3.8, 4) is 11.8 Å². The number of nitriles is 1. The fourth-order valence-corrected chi connectivity index (χ4v) is 3.97. The SMILES string of the molecule is COc1cccc2[nH]c(C(=O)NCC(=O)N3CC(C(=O)Nc4ccccc4)CC3C#N)cc12. The smallest absolute Gasteiger partial charge is 0.268 e. The largest absolute Gasteiger partial charge is 0.496 e. The Morgan fingerprint density at radius 2 is 1.97 bits per heavy atom. The maximum atomic E-state index is 12.7. The Hall–Kier alpha value is -4.32. The van der Waals surface area contributed by atoms with Crippen LogP contribution in [0.1, 0.15) is 16.9 Å². The highest BCUT2D eigenvalue weighted by Crippen LogP contribution is 2.26. The zero-order valence-corrected chi connectivity index (χ0v) is 18.0. The van der Waals surface area contributed by atoms with Gasteiger partial charge in [-0.05, 0) is 36.8 Å². The van der Waals surface area contributed by atoms with E-state index in [1.165, 1.54) is 4.90 Å². The summed E-state index contributed by atoms with van der Waals surface area (Å²) in [6.07, 6.45) is 0.247. The number of aromatic nitrogens is 1. The lowest BCUT2D eigenvalue weighted by Gasteiger charge is -2.19. The van der Waals surface area contributed by atoms with Gasteiger partial charge in [-0.25, -0.2) is 0 Å². The van der Waals surface area contributed by atoms with E-state index in [2.05, 4.69) is 21.7 Å². The monoisotopic (exact) mass is 445 g/mol. The van der Waals surface area contributed by atoms with Crippen LogP contribution in [0.2, 0.25) is 0 Å². The third-order valence-electron chi connectivity index (χ3n) is 5.67. The quantitative estimate of drug-likeness (QED) is 0.536. The lowest BCUT2D eigenvalue weighted by atomic mass is 10.1. The van der Waals surface area contributed by atoms with Crippen molar-refractivity contribution in [2.75, 3.05) is 25.5 Å². The molecule has 2 heterocycles. The van der Waals surface area contributed by atoms with Gasteiger partial charge in [-0.1, -0.05) is 24.3 Å². The van der Waals surface area contributed by atoms with Crippen molar-refractivity contribution in [1.29, 1.82) is 5.26 Å². The molecule has 1 aliphatic rings. The van der Waals surface area contributed by atoms with E-state index in [0.717, 1.165) is 10.9 Å². The summed E-state index contributed by atoms with van der Waals surface area (Å²) in [5.41, 5.74) is 1.69. The zero-order valence-electron chi connectivity index (χ0n) is 18.0. The van der Waals surface area contributed by atoms with Gasteiger partial charge in [0.1, 0.15) is 17.5 Å². The van der Waals surface area contributed by atoms with Crippen LogP contribution in [0.15, 0.2) is 54.6 Å². The third kappa shape index (κ3) is 4.65. The number of nitrogens with zero attached hydrogens (tertiary/aromatic N) is 2. The molecule has 2 aromatic carbocycles. The zero-order chi connectivity index (χ0) is 23.4. The van der Waals surface area contributed by atoms with Gasteiger partial charge in [0.15, 0.2) is 0 Å². The highest BCUT2D eigenvalue weighted by atomic mass is 16.5. The summed E-state index contributed by atoms with van der Waals surface area (Å²) < 4.78 is 5.30. The number of carbonyl (C=O) groups is 3. The molecule has 4 rings (SSSR count). The summed E-state index contributed by atoms with van der Waals surface area (Å²) in [5, 5.41) is 15.6. The molecule has 9 heteroatoms. The van der Waals surface area contributed by atoms with E-state index in [1.54, 1.807) is 31.4 Å². The van der Waals surface area contributed by atoms with Gasteiger partial charge >= 0.3 is 0 Å². The molecular formula is C24H23N5O4. The first-order chi connectivity index (χ1) is 16.0. The summed E-state index contributed by atoms with van der Waals surface area (Å²) in [5.74, 6) is -0.984. The van der Waals surface area contributed by atoms with Crippen molar-refractivity contribution in [1.82, 2.24) is 15.2 Å². The Morgan fingerprint density at radius 1 is 1.18 bits per heavy atom. The second-order valence-electron chi connectivity index (χ2n) is 7.77. The van der Waals surface area contributed by atoms with Gasteiger partial charge in [0, 0.05) is 23.1 Å². The van der Waals surface area contributed by atoms with Crippen LogP contribution < -0.4 is 15.4 Å². The van der Waals surface area contributed by atoms with E-state index in [1.807, 2.05) is 30.3 Å². The summed E-state index contributed by atoms with van der Waals surface area (Å²) in [6, 6.07) is 17.4. The minimum absolute atomic E-state index is 0.120. The van der Waals surface area contributed by atoms with E-state index in [-0.39, 0.29) is 25.4 Å². The predicted molar refractivity (Wildman–Crippen MR) is 121 cm³/mol. The van der Waals surface area contributed by atoms with Crippen LogP contribution in [0.4, 0.5) is 5.69 Å². The number of carbonyl (C=O) groups excluding carboxylic acids is 3. The molecule has 168 valence electrons. The van der Waals surface area contributed by atoms with Crippen molar-refractivity contribution in [3.05, 3.63) is 60.3 Å². The molecule has 3 N–H and O–H groups in total. The first-order valence-corrected chi connectivity index (χ1v) is 10.5. The predicted octanol–water partition coefficient (Wildman–Crippen LogP) is 2.29. The Bertz CT molecular complexity index is 1230. The highest BCUT2D eigenvalue weighted by Gasteiger charge is 2.38. The van der Waals surface area contributed by atoms with E-state index in [0.29, 0.717) is 17.1 Å². The molecule has 1 fully saturated rings. The van der Waals surface area contributed by atoms with E-state index in [9.17, 15) is 19.6 Å². The molecule has 1 aliphatic heterocycles. The van der Waals surface area contributed by atoms with Crippen molar-refractivity contribution in [2.45, 2.75) is 12.5 Å². The molecule has 2 unspecified atom stereocenters. The maximum Gasteiger partial charge on any atom is 0.268 e. The number of aromatic amines is 1. The summed E-state index contributed by atoms with van der Waals surface area (Å²) in [4.78, 5) is 42.3. The highest BCUT2D eigenvalue weighted by molar-refractivity contribution is 6.01. The van der Waals surface area contributed by atoms with E-state index < -0.39 is 23.8 Å². The van der Waals surface area contributed by atoms with Crippen molar-refractivity contribution in [2.24, 2.45) is 5.92 Å². The number of ether oxygens (including phenoxy) is 1. The first kappa shape index (κ1) is 21.9. The number of para-hydroxylation sites is 1. The Morgan fingerprint density at radius 3 is 2.70 bits per heavy atom. The molecular weight excluding hydrogens is 422 g/mol. The maximum absolute atomic E-state index is 12.7. The number of hydrogen-bond donors (Lipinski definition) is 3. The number of benzene rings is 2. The average molecular weight is 445 g/mol. The minimum atomic E-state index is -0.724. The van der Waals surface area contributed by atoms with Crippen LogP contribution >= 0.6 is 0 Å². The summed E-state index contributed by atoms with van der Waals surface area (Å²) >= 11 is 0. The minimum Gasteiger partial charge on any atom is -0.496 e. The third-order valence-corrected chi connectivity index (χ3v) is 5.67. The van der Waals surface area contributed by atoms with Crippen LogP contribution in [-0.4, -0.2) is 53.8 Å². The van der Waals surface area contributed by atoms with Gasteiger partial charge in [-0.15, -0.1) is 0 Å². The second-order valence-corrected chi connectivity index (χ2v) is 7.77. The molecule has 3 aromatic rings. The lowest BCUT2D eigenvalue weighted by Crippen LogP contribution is -2.42. The topological polar surface area (TPSA) is 127 Å². The fourth-order valence-electron chi connectivity index (χ4n) is 3.97. The van der Waals surface area contributed by atoms with Gasteiger partial charge < -0.3 is 25.3 Å². The number of nitrogens with one attached hydrogen (secondary N) is 3. The number of methoxy groups -OCH3 is 1. The van der Waals surface area contributed by atoms with Gasteiger partial charge in [0.2, 0.25) is 11.8 Å². The molecule has 3 amide bonds. The summed E-state index contributed by atoms with van der Waals surface area (Å²) in [6.45, 7) is -0.161. The normalized spacial score (nSPS) is 17.4. The molecule has 9 nitrogen and oxygen atoms in total. The molecule has 1 aromatic heterocycles. The van der Waals surface area contributed by atoms with Crippen LogP contribution in [0.3, 0.4) is 0 Å². The van der Waals surface area contributed by atoms with Crippen LogP contribution in [0, 0.1) is 17.2 Å². The van der Waals surface area contributed by atoms with Crippen LogP contribution in [0.25, 0.3) is 10.9 Å². The molecule has 0 bridgehead atoms. The van der Waals surface area contributed by atoms with Gasteiger partial charge in [0.05, 0.1) is 25.6 Å². The number of anilines is 1. The van der Waals surface area contributed by atoms with Crippen LogP contribution in [0.5, 0.6) is 5.75 Å². The van der Waals surface area contributed by atoms with E-state index in [4.69, 9.17) is 4.74 Å². The molecule has 2 atom stereocenters. The molecule has 0 saturated carbocycles. The van der Waals surface area contributed by atoms with Crippen LogP contribution in [-0.2, 0) is 9.59 Å².